The normalized spacial score (nSPS) is 18.7. The summed E-state index contributed by atoms with van der Waals surface area (Å²) in [5, 5.41) is 3.06. The van der Waals surface area contributed by atoms with Gasteiger partial charge in [-0.3, -0.25) is 9.69 Å². The minimum Gasteiger partial charge on any atom is -0.496 e. The van der Waals surface area contributed by atoms with E-state index in [1.165, 1.54) is 31.5 Å². The van der Waals surface area contributed by atoms with Gasteiger partial charge in [0.25, 0.3) is 5.91 Å². The summed E-state index contributed by atoms with van der Waals surface area (Å²) >= 11 is 0. The fraction of sp³-hybridized carbons (Fsp3) is 0.435. The van der Waals surface area contributed by atoms with Crippen LogP contribution in [0.15, 0.2) is 48.5 Å². The second kappa shape index (κ2) is 9.05. The van der Waals surface area contributed by atoms with Crippen molar-refractivity contribution in [1.29, 1.82) is 0 Å². The first-order valence-electron chi connectivity index (χ1n) is 9.82. The van der Waals surface area contributed by atoms with E-state index in [4.69, 9.17) is 4.74 Å². The number of nitrogens with zero attached hydrogens (tertiary/aromatic N) is 1. The lowest BCUT2D eigenvalue weighted by atomic mass is 9.99. The molecule has 1 amide bonds. The molecular formula is C23H30N2O2. The van der Waals surface area contributed by atoms with Gasteiger partial charge < -0.3 is 10.1 Å². The van der Waals surface area contributed by atoms with E-state index in [-0.39, 0.29) is 11.9 Å². The molecule has 0 aliphatic carbocycles. The molecule has 2 aromatic rings. The first-order chi connectivity index (χ1) is 13.1. The number of ether oxygens (including phenoxy) is 1. The van der Waals surface area contributed by atoms with Crippen LogP contribution in [0.4, 0.5) is 0 Å². The number of para-hydroxylation sites is 1. The third-order valence-corrected chi connectivity index (χ3v) is 5.32. The Morgan fingerprint density at radius 3 is 2.67 bits per heavy atom. The summed E-state index contributed by atoms with van der Waals surface area (Å²) in [7, 11) is 1.65. The second-order valence-electron chi connectivity index (χ2n) is 7.62. The molecule has 1 saturated heterocycles. The SMILES string of the molecule is COc1ccccc1C(C)NC(=O)c1ccc(CN2CCCC(C)C2)cc1. The van der Waals surface area contributed by atoms with Gasteiger partial charge in [0.15, 0.2) is 0 Å². The predicted octanol–water partition coefficient (Wildman–Crippen LogP) is 4.42. The molecule has 1 heterocycles. The number of carbonyl (C=O) groups is 1. The number of nitrogens with one attached hydrogen (secondary N) is 1. The van der Waals surface area contributed by atoms with Gasteiger partial charge in [0.1, 0.15) is 5.75 Å². The Labute approximate surface area is 162 Å². The van der Waals surface area contributed by atoms with Crippen molar-refractivity contribution in [1.82, 2.24) is 10.2 Å². The third kappa shape index (κ3) is 5.10. The average molecular weight is 367 g/mol. The fourth-order valence-electron chi connectivity index (χ4n) is 3.83. The van der Waals surface area contributed by atoms with Gasteiger partial charge in [-0.2, -0.15) is 0 Å². The Balaban J connectivity index is 1.60. The van der Waals surface area contributed by atoms with Crippen LogP contribution in [-0.4, -0.2) is 31.0 Å². The number of piperidine rings is 1. The quantitative estimate of drug-likeness (QED) is 0.823. The summed E-state index contributed by atoms with van der Waals surface area (Å²) < 4.78 is 5.39. The molecule has 2 atom stereocenters. The van der Waals surface area contributed by atoms with Crippen LogP contribution < -0.4 is 10.1 Å². The highest BCUT2D eigenvalue weighted by molar-refractivity contribution is 5.94. The van der Waals surface area contributed by atoms with Crippen molar-refractivity contribution >= 4 is 5.91 Å². The first-order valence-corrected chi connectivity index (χ1v) is 9.82. The summed E-state index contributed by atoms with van der Waals surface area (Å²) in [5.74, 6) is 1.50. The van der Waals surface area contributed by atoms with Crippen LogP contribution in [0.3, 0.4) is 0 Å². The monoisotopic (exact) mass is 366 g/mol. The van der Waals surface area contributed by atoms with Crippen molar-refractivity contribution in [3.8, 4) is 5.75 Å². The van der Waals surface area contributed by atoms with E-state index in [0.29, 0.717) is 5.56 Å². The lowest BCUT2D eigenvalue weighted by Gasteiger charge is -2.30. The lowest BCUT2D eigenvalue weighted by molar-refractivity contribution is 0.0939. The van der Waals surface area contributed by atoms with E-state index in [1.54, 1.807) is 7.11 Å². The Hall–Kier alpha value is -2.33. The predicted molar refractivity (Wildman–Crippen MR) is 109 cm³/mol. The van der Waals surface area contributed by atoms with Crippen LogP contribution in [0.1, 0.15) is 54.2 Å². The standard InChI is InChI=1S/C23H30N2O2/c1-17-7-6-14-25(15-17)16-19-10-12-20(13-11-19)23(26)24-18(2)21-8-4-5-9-22(21)27-3/h4-5,8-13,17-18H,6-7,14-16H2,1-3H3,(H,24,26). The first kappa shape index (κ1) is 19.4. The molecule has 1 aliphatic heterocycles. The largest absolute Gasteiger partial charge is 0.496 e. The molecule has 3 rings (SSSR count). The van der Waals surface area contributed by atoms with Gasteiger partial charge in [0.2, 0.25) is 0 Å². The highest BCUT2D eigenvalue weighted by atomic mass is 16.5. The molecular weight excluding hydrogens is 336 g/mol. The van der Waals surface area contributed by atoms with Crippen molar-refractivity contribution < 1.29 is 9.53 Å². The molecule has 1 aliphatic rings. The summed E-state index contributed by atoms with van der Waals surface area (Å²) in [6, 6.07) is 15.6. The minimum atomic E-state index is -0.122. The molecule has 0 saturated carbocycles. The smallest absolute Gasteiger partial charge is 0.251 e. The molecule has 1 fully saturated rings. The van der Waals surface area contributed by atoms with E-state index in [0.717, 1.165) is 23.8 Å². The molecule has 4 heteroatoms. The fourth-order valence-corrected chi connectivity index (χ4v) is 3.83. The number of rotatable bonds is 6. The van der Waals surface area contributed by atoms with Crippen LogP contribution in [0, 0.1) is 5.92 Å². The van der Waals surface area contributed by atoms with E-state index in [1.807, 2.05) is 43.3 Å². The van der Waals surface area contributed by atoms with Crippen LogP contribution >= 0.6 is 0 Å². The molecule has 0 radical (unpaired) electrons. The zero-order chi connectivity index (χ0) is 19.2. The molecule has 0 aromatic heterocycles. The second-order valence-corrected chi connectivity index (χ2v) is 7.62. The molecule has 144 valence electrons. The number of likely N-dealkylation sites (tertiary alicyclic amines) is 1. The zero-order valence-corrected chi connectivity index (χ0v) is 16.6. The van der Waals surface area contributed by atoms with Gasteiger partial charge in [-0.05, 0) is 56.0 Å². The molecule has 27 heavy (non-hydrogen) atoms. The van der Waals surface area contributed by atoms with E-state index in [9.17, 15) is 4.79 Å². The number of hydrogen-bond acceptors (Lipinski definition) is 3. The average Bonchev–Trinajstić information content (AvgIpc) is 2.68. The van der Waals surface area contributed by atoms with Crippen molar-refractivity contribution in [2.75, 3.05) is 20.2 Å². The Morgan fingerprint density at radius 1 is 1.22 bits per heavy atom. The van der Waals surface area contributed by atoms with Crippen molar-refractivity contribution in [2.24, 2.45) is 5.92 Å². The van der Waals surface area contributed by atoms with Crippen molar-refractivity contribution in [3.05, 3.63) is 65.2 Å². The van der Waals surface area contributed by atoms with Gasteiger partial charge in [-0.15, -0.1) is 0 Å². The van der Waals surface area contributed by atoms with Crippen LogP contribution in [-0.2, 0) is 6.54 Å². The molecule has 4 nitrogen and oxygen atoms in total. The summed E-state index contributed by atoms with van der Waals surface area (Å²) in [6.07, 6.45) is 2.61. The number of methoxy groups -OCH3 is 1. The maximum absolute atomic E-state index is 12.6. The van der Waals surface area contributed by atoms with Crippen LogP contribution in [0.25, 0.3) is 0 Å². The molecule has 2 unspecified atom stereocenters. The Bertz CT molecular complexity index is 757. The summed E-state index contributed by atoms with van der Waals surface area (Å²) in [4.78, 5) is 15.1. The number of hydrogen-bond donors (Lipinski definition) is 1. The van der Waals surface area contributed by atoms with Gasteiger partial charge >= 0.3 is 0 Å². The molecule has 0 spiro atoms. The highest BCUT2D eigenvalue weighted by Crippen LogP contribution is 2.24. The summed E-state index contributed by atoms with van der Waals surface area (Å²) in [5.41, 5.74) is 2.93. The van der Waals surface area contributed by atoms with E-state index < -0.39 is 0 Å². The van der Waals surface area contributed by atoms with Gasteiger partial charge in [0, 0.05) is 24.2 Å². The zero-order valence-electron chi connectivity index (χ0n) is 16.6. The Kier molecular flexibility index (Phi) is 6.51. The maximum atomic E-state index is 12.6. The third-order valence-electron chi connectivity index (χ3n) is 5.32. The van der Waals surface area contributed by atoms with Crippen molar-refractivity contribution in [2.45, 2.75) is 39.3 Å². The van der Waals surface area contributed by atoms with Gasteiger partial charge in [-0.25, -0.2) is 0 Å². The maximum Gasteiger partial charge on any atom is 0.251 e. The minimum absolute atomic E-state index is 0.0634. The molecule has 1 N–H and O–H groups in total. The van der Waals surface area contributed by atoms with Gasteiger partial charge in [-0.1, -0.05) is 37.3 Å². The van der Waals surface area contributed by atoms with E-state index >= 15 is 0 Å². The van der Waals surface area contributed by atoms with E-state index in [2.05, 4.69) is 29.3 Å². The number of carbonyl (C=O) groups excluding carboxylic acids is 1. The lowest BCUT2D eigenvalue weighted by Crippen LogP contribution is -2.33. The van der Waals surface area contributed by atoms with Crippen LogP contribution in [0.5, 0.6) is 5.75 Å². The van der Waals surface area contributed by atoms with Crippen molar-refractivity contribution in [3.63, 3.8) is 0 Å². The summed E-state index contributed by atoms with van der Waals surface area (Å²) in [6.45, 7) is 7.59. The highest BCUT2D eigenvalue weighted by Gasteiger charge is 2.17. The number of amides is 1. The molecule has 2 aromatic carbocycles. The topological polar surface area (TPSA) is 41.6 Å². The van der Waals surface area contributed by atoms with Gasteiger partial charge in [0.05, 0.1) is 13.2 Å². The van der Waals surface area contributed by atoms with Crippen LogP contribution in [0.2, 0.25) is 0 Å². The number of benzene rings is 2. The molecule has 0 bridgehead atoms. The Morgan fingerprint density at radius 2 is 1.96 bits per heavy atom.